The van der Waals surface area contributed by atoms with Crippen LogP contribution in [0.25, 0.3) is 0 Å². The van der Waals surface area contributed by atoms with Crippen molar-refractivity contribution < 1.29 is 8.42 Å². The molecule has 0 bridgehead atoms. The first-order chi connectivity index (χ1) is 9.12. The summed E-state index contributed by atoms with van der Waals surface area (Å²) in [5, 5.41) is 0.786. The van der Waals surface area contributed by atoms with Crippen molar-refractivity contribution in [2.24, 2.45) is 0 Å². The number of aromatic nitrogens is 1. The third-order valence-electron chi connectivity index (χ3n) is 2.59. The molecule has 100 valence electrons. The number of pyridine rings is 1. The highest BCUT2D eigenvalue weighted by Crippen LogP contribution is 2.10. The highest BCUT2D eigenvalue weighted by molar-refractivity contribution is 9.08. The van der Waals surface area contributed by atoms with Gasteiger partial charge in [0.2, 0.25) is 10.0 Å². The molecule has 0 amide bonds. The summed E-state index contributed by atoms with van der Waals surface area (Å²) in [6.45, 7) is 0.264. The molecule has 0 saturated carbocycles. The largest absolute Gasteiger partial charge is 0.263 e. The first-order valence-electron chi connectivity index (χ1n) is 5.65. The molecule has 4 nitrogen and oxygen atoms in total. The van der Waals surface area contributed by atoms with Crippen molar-refractivity contribution >= 4 is 26.0 Å². The molecule has 0 fully saturated rings. The fourth-order valence-electron chi connectivity index (χ4n) is 1.51. The molecule has 1 heterocycles. The van der Waals surface area contributed by atoms with Gasteiger partial charge in [0.25, 0.3) is 0 Å². The maximum atomic E-state index is 12.0. The minimum absolute atomic E-state index is 0.173. The second kappa shape index (κ2) is 6.27. The van der Waals surface area contributed by atoms with Crippen LogP contribution >= 0.6 is 15.9 Å². The molecule has 6 heteroatoms. The van der Waals surface area contributed by atoms with Crippen LogP contribution in [0.3, 0.4) is 0 Å². The molecule has 0 unspecified atom stereocenters. The molecule has 1 aromatic heterocycles. The van der Waals surface area contributed by atoms with Crippen LogP contribution in [0.2, 0.25) is 0 Å². The van der Waals surface area contributed by atoms with Gasteiger partial charge in [0, 0.05) is 24.3 Å². The summed E-state index contributed by atoms with van der Waals surface area (Å²) in [7, 11) is -3.50. The molecule has 2 rings (SSSR count). The minimum atomic E-state index is -3.50. The molecule has 0 radical (unpaired) electrons. The Morgan fingerprint density at radius 3 is 2.37 bits per heavy atom. The number of nitrogens with one attached hydrogen (secondary N) is 1. The summed E-state index contributed by atoms with van der Waals surface area (Å²) in [6.07, 6.45) is 2.87. The molecule has 0 aliphatic heterocycles. The molecule has 1 aromatic carbocycles. The van der Waals surface area contributed by atoms with Crippen molar-refractivity contribution in [3.63, 3.8) is 0 Å². The number of rotatable bonds is 5. The minimum Gasteiger partial charge on any atom is -0.263 e. The van der Waals surface area contributed by atoms with E-state index in [4.69, 9.17) is 0 Å². The van der Waals surface area contributed by atoms with Gasteiger partial charge in [-0.15, -0.1) is 0 Å². The van der Waals surface area contributed by atoms with E-state index in [1.165, 1.54) is 18.5 Å². The second-order valence-electron chi connectivity index (χ2n) is 3.96. The van der Waals surface area contributed by atoms with Crippen molar-refractivity contribution in [1.82, 2.24) is 9.71 Å². The van der Waals surface area contributed by atoms with Gasteiger partial charge in [-0.25, -0.2) is 13.1 Å². The summed E-state index contributed by atoms with van der Waals surface area (Å²) < 4.78 is 26.5. The highest BCUT2D eigenvalue weighted by Gasteiger charge is 2.13. The Balaban J connectivity index is 2.05. The predicted molar refractivity (Wildman–Crippen MR) is 77.3 cm³/mol. The van der Waals surface area contributed by atoms with Crippen molar-refractivity contribution in [2.45, 2.75) is 16.8 Å². The smallest absolute Gasteiger partial charge is 0.242 e. The normalized spacial score (nSPS) is 11.4. The van der Waals surface area contributed by atoms with Crippen molar-refractivity contribution in [1.29, 1.82) is 0 Å². The number of nitrogens with zero attached hydrogens (tertiary/aromatic N) is 1. The van der Waals surface area contributed by atoms with Gasteiger partial charge in [-0.2, -0.15) is 0 Å². The van der Waals surface area contributed by atoms with Crippen LogP contribution < -0.4 is 4.72 Å². The van der Waals surface area contributed by atoms with Crippen molar-refractivity contribution in [2.75, 3.05) is 0 Å². The highest BCUT2D eigenvalue weighted by atomic mass is 79.9. The molecule has 0 spiro atoms. The summed E-state index contributed by atoms with van der Waals surface area (Å²) >= 11 is 3.36. The number of halogens is 1. The Hall–Kier alpha value is -1.24. The van der Waals surface area contributed by atoms with Crippen molar-refractivity contribution in [3.8, 4) is 0 Å². The van der Waals surface area contributed by atoms with E-state index >= 15 is 0 Å². The SMILES string of the molecule is O=S(=O)(NCc1ccc(CBr)cc1)c1cccnc1. The lowest BCUT2D eigenvalue weighted by Gasteiger charge is -2.06. The standard InChI is InChI=1S/C13H13BrN2O2S/c14-8-11-3-5-12(6-4-11)9-16-19(17,18)13-2-1-7-15-10-13/h1-7,10,16H,8-9H2. The third-order valence-corrected chi connectivity index (χ3v) is 4.62. The molecular formula is C13H13BrN2O2S. The van der Waals surface area contributed by atoms with Gasteiger partial charge >= 0.3 is 0 Å². The number of hydrogen-bond donors (Lipinski definition) is 1. The lowest BCUT2D eigenvalue weighted by molar-refractivity contribution is 0.581. The first kappa shape index (κ1) is 14.2. The van der Waals surface area contributed by atoms with Gasteiger partial charge in [0.05, 0.1) is 0 Å². The molecule has 0 aliphatic carbocycles. The summed E-state index contributed by atoms with van der Waals surface area (Å²) in [4.78, 5) is 3.98. The Kier molecular flexibility index (Phi) is 4.68. The van der Waals surface area contributed by atoms with Gasteiger partial charge in [-0.05, 0) is 23.3 Å². The van der Waals surface area contributed by atoms with Gasteiger partial charge in [0.1, 0.15) is 4.90 Å². The zero-order valence-corrected chi connectivity index (χ0v) is 12.5. The average Bonchev–Trinajstić information content (AvgIpc) is 2.47. The Morgan fingerprint density at radius 1 is 1.11 bits per heavy atom. The molecule has 2 aromatic rings. The summed E-state index contributed by atoms with van der Waals surface area (Å²) in [5.41, 5.74) is 2.07. The van der Waals surface area contributed by atoms with Gasteiger partial charge in [0.15, 0.2) is 0 Å². The van der Waals surface area contributed by atoms with Crippen LogP contribution in [0.1, 0.15) is 11.1 Å². The monoisotopic (exact) mass is 340 g/mol. The molecular weight excluding hydrogens is 328 g/mol. The van der Waals surface area contributed by atoms with E-state index in [1.807, 2.05) is 24.3 Å². The number of sulfonamides is 1. The van der Waals surface area contributed by atoms with Crippen LogP contribution in [-0.4, -0.2) is 13.4 Å². The van der Waals surface area contributed by atoms with E-state index in [-0.39, 0.29) is 11.4 Å². The quantitative estimate of drug-likeness (QED) is 0.850. The third kappa shape index (κ3) is 3.86. The van der Waals surface area contributed by atoms with E-state index in [0.29, 0.717) is 0 Å². The first-order valence-corrected chi connectivity index (χ1v) is 8.26. The lowest BCUT2D eigenvalue weighted by Crippen LogP contribution is -2.23. The molecule has 0 atom stereocenters. The molecule has 0 aliphatic rings. The van der Waals surface area contributed by atoms with Crippen LogP contribution in [0.15, 0.2) is 53.7 Å². The van der Waals surface area contributed by atoms with E-state index < -0.39 is 10.0 Å². The number of benzene rings is 1. The second-order valence-corrected chi connectivity index (χ2v) is 6.29. The topological polar surface area (TPSA) is 59.1 Å². The van der Waals surface area contributed by atoms with E-state index in [1.54, 1.807) is 6.07 Å². The zero-order chi connectivity index (χ0) is 13.7. The van der Waals surface area contributed by atoms with Crippen LogP contribution in [-0.2, 0) is 21.9 Å². The maximum Gasteiger partial charge on any atom is 0.242 e. The van der Waals surface area contributed by atoms with Crippen molar-refractivity contribution in [3.05, 3.63) is 59.9 Å². The van der Waals surface area contributed by atoms with Gasteiger partial charge in [-0.1, -0.05) is 40.2 Å². The fraction of sp³-hybridized carbons (Fsp3) is 0.154. The summed E-state index contributed by atoms with van der Waals surface area (Å²) in [5.74, 6) is 0. The lowest BCUT2D eigenvalue weighted by atomic mass is 10.2. The van der Waals surface area contributed by atoms with Gasteiger partial charge in [-0.3, -0.25) is 4.98 Å². The van der Waals surface area contributed by atoms with Crippen LogP contribution in [0.4, 0.5) is 0 Å². The Bertz CT molecular complexity index is 627. The van der Waals surface area contributed by atoms with Crippen LogP contribution in [0.5, 0.6) is 0 Å². The fourth-order valence-corrected chi connectivity index (χ4v) is 2.87. The maximum absolute atomic E-state index is 12.0. The summed E-state index contributed by atoms with van der Waals surface area (Å²) in [6, 6.07) is 10.8. The van der Waals surface area contributed by atoms with Gasteiger partial charge < -0.3 is 0 Å². The van der Waals surface area contributed by atoms with E-state index in [2.05, 4.69) is 25.6 Å². The number of alkyl halides is 1. The average molecular weight is 341 g/mol. The number of hydrogen-bond acceptors (Lipinski definition) is 3. The molecule has 1 N–H and O–H groups in total. The Morgan fingerprint density at radius 2 is 1.79 bits per heavy atom. The van der Waals surface area contributed by atoms with E-state index in [0.717, 1.165) is 16.5 Å². The molecule has 19 heavy (non-hydrogen) atoms. The zero-order valence-electron chi connectivity index (χ0n) is 10.1. The predicted octanol–water partition coefficient (Wildman–Crippen LogP) is 2.46. The molecule has 0 saturated heterocycles. The van der Waals surface area contributed by atoms with E-state index in [9.17, 15) is 8.42 Å². The van der Waals surface area contributed by atoms with Crippen LogP contribution in [0, 0.1) is 0 Å². The Labute approximate surface area is 121 Å².